The normalized spacial score (nSPS) is 12.1. The Kier molecular flexibility index (Phi) is 5.29. The quantitative estimate of drug-likeness (QED) is 0.381. The zero-order valence-corrected chi connectivity index (χ0v) is 18.5. The van der Waals surface area contributed by atoms with Gasteiger partial charge in [-0.15, -0.1) is 0 Å². The van der Waals surface area contributed by atoms with E-state index < -0.39 is 10.8 Å². The van der Waals surface area contributed by atoms with E-state index in [1.165, 1.54) is 0 Å². The summed E-state index contributed by atoms with van der Waals surface area (Å²) in [5, 5.41) is 2.20. The Morgan fingerprint density at radius 2 is 1.69 bits per heavy atom. The zero-order chi connectivity index (χ0) is 22.1. The largest absolute Gasteiger partial charge is 0.497 e. The van der Waals surface area contributed by atoms with Crippen LogP contribution < -0.4 is 4.74 Å². The molecule has 2 aromatic heterocycles. The molecule has 0 aliphatic rings. The average Bonchev–Trinajstić information content (AvgIpc) is 3.29. The predicted molar refractivity (Wildman–Crippen MR) is 129 cm³/mol. The summed E-state index contributed by atoms with van der Waals surface area (Å²) in [7, 11) is 0.655. The average molecular weight is 440 g/mol. The lowest BCUT2D eigenvalue weighted by Crippen LogP contribution is -1.88. The molecule has 0 fully saturated rings. The fraction of sp³-hybridized carbons (Fsp3) is 0.0769. The third-order valence-electron chi connectivity index (χ3n) is 5.47. The van der Waals surface area contributed by atoms with Crippen LogP contribution in [0.25, 0.3) is 44.7 Å². The van der Waals surface area contributed by atoms with E-state index >= 15 is 0 Å². The molecule has 3 aromatic carbocycles. The van der Waals surface area contributed by atoms with Gasteiger partial charge in [0, 0.05) is 51.0 Å². The maximum absolute atomic E-state index is 11.8. The molecular formula is C26H21N3O2S. The highest BCUT2D eigenvalue weighted by atomic mass is 32.2. The molecule has 0 radical (unpaired) electrons. The summed E-state index contributed by atoms with van der Waals surface area (Å²) < 4.78 is 17.2. The second-order valence-corrected chi connectivity index (χ2v) is 8.80. The summed E-state index contributed by atoms with van der Waals surface area (Å²) in [6.07, 6.45) is 5.22. The molecule has 1 N–H and O–H groups in total. The third-order valence-corrected chi connectivity index (χ3v) is 6.41. The molecular weight excluding hydrogens is 418 g/mol. The van der Waals surface area contributed by atoms with Crippen molar-refractivity contribution in [1.29, 1.82) is 0 Å². The van der Waals surface area contributed by atoms with Crippen molar-refractivity contribution in [3.63, 3.8) is 0 Å². The number of ether oxygens (including phenoxy) is 1. The lowest BCUT2D eigenvalue weighted by molar-refractivity contribution is 0.415. The number of nitrogens with zero attached hydrogens (tertiary/aromatic N) is 2. The predicted octanol–water partition coefficient (Wildman–Crippen LogP) is 5.70. The van der Waals surface area contributed by atoms with Gasteiger partial charge in [0.15, 0.2) is 0 Å². The van der Waals surface area contributed by atoms with Crippen molar-refractivity contribution < 1.29 is 8.95 Å². The minimum absolute atomic E-state index is 0.755. The van der Waals surface area contributed by atoms with Crippen molar-refractivity contribution in [1.82, 2.24) is 15.0 Å². The first kappa shape index (κ1) is 20.2. The first-order valence-electron chi connectivity index (χ1n) is 10.2. The molecule has 32 heavy (non-hydrogen) atoms. The highest BCUT2D eigenvalue weighted by molar-refractivity contribution is 7.84. The summed E-state index contributed by atoms with van der Waals surface area (Å²) >= 11 is 0. The molecule has 5 rings (SSSR count). The van der Waals surface area contributed by atoms with Crippen LogP contribution in [0.4, 0.5) is 0 Å². The molecule has 0 aliphatic heterocycles. The molecule has 6 heteroatoms. The zero-order valence-electron chi connectivity index (χ0n) is 17.7. The maximum Gasteiger partial charge on any atom is 0.138 e. The number of imidazole rings is 1. The van der Waals surface area contributed by atoms with Crippen molar-refractivity contribution in [2.45, 2.75) is 4.90 Å². The van der Waals surface area contributed by atoms with Gasteiger partial charge in [0.2, 0.25) is 0 Å². The number of fused-ring (bicyclic) bond motifs is 1. The molecule has 158 valence electrons. The van der Waals surface area contributed by atoms with Crippen LogP contribution in [0.2, 0.25) is 0 Å². The Bertz CT molecular complexity index is 1430. The number of rotatable bonds is 5. The van der Waals surface area contributed by atoms with Gasteiger partial charge in [0.25, 0.3) is 0 Å². The van der Waals surface area contributed by atoms with Crippen LogP contribution in [0.15, 0.2) is 90.1 Å². The molecule has 2 heterocycles. The number of nitrogens with one attached hydrogen (secondary N) is 1. The van der Waals surface area contributed by atoms with Crippen LogP contribution in [0.1, 0.15) is 0 Å². The molecule has 0 spiro atoms. The summed E-state index contributed by atoms with van der Waals surface area (Å²) in [6.45, 7) is 0. The molecule has 1 atom stereocenters. The highest BCUT2D eigenvalue weighted by Gasteiger charge is 2.17. The first-order chi connectivity index (χ1) is 15.6. The van der Waals surface area contributed by atoms with Crippen molar-refractivity contribution in [2.75, 3.05) is 13.4 Å². The van der Waals surface area contributed by atoms with Crippen LogP contribution in [-0.2, 0) is 10.8 Å². The topological polar surface area (TPSA) is 67.9 Å². The van der Waals surface area contributed by atoms with E-state index in [1.54, 1.807) is 25.8 Å². The van der Waals surface area contributed by atoms with Crippen LogP contribution in [0, 0.1) is 0 Å². The number of methoxy groups -OCH3 is 1. The van der Waals surface area contributed by atoms with Gasteiger partial charge < -0.3 is 9.72 Å². The molecule has 0 amide bonds. The molecule has 0 saturated carbocycles. The number of aromatic amines is 1. The number of aromatic nitrogens is 3. The van der Waals surface area contributed by atoms with E-state index in [-0.39, 0.29) is 0 Å². The number of hydrogen-bond donors (Lipinski definition) is 1. The molecule has 5 aromatic rings. The third kappa shape index (κ3) is 3.69. The number of H-pyrrole nitrogens is 1. The lowest BCUT2D eigenvalue weighted by atomic mass is 9.99. The Hall–Kier alpha value is -3.77. The smallest absolute Gasteiger partial charge is 0.138 e. The van der Waals surface area contributed by atoms with E-state index in [0.717, 1.165) is 55.3 Å². The second kappa shape index (κ2) is 8.40. The SMILES string of the molecule is COc1ccc2c(-c3[nH]c(-c4ccc([S@@](C)=O)cc4)nc3-c3ccncc3)cccc2c1. The standard InChI is InChI=1S/C26H21N3O2S/c1-31-20-8-11-22-19(16-20)4-3-5-23(22)25-24(17-12-14-27-15-13-17)28-26(29-25)18-6-9-21(10-7-18)32(2)30/h3-16H,1-2H3,(H,28,29)/t32-/m1/s1. The van der Waals surface area contributed by atoms with Gasteiger partial charge in [0.05, 0.1) is 18.5 Å². The van der Waals surface area contributed by atoms with E-state index in [1.807, 2.05) is 54.6 Å². The van der Waals surface area contributed by atoms with E-state index in [9.17, 15) is 4.21 Å². The number of pyridine rings is 1. The molecule has 0 aliphatic carbocycles. The van der Waals surface area contributed by atoms with Crippen molar-refractivity contribution in [3.8, 4) is 39.7 Å². The van der Waals surface area contributed by atoms with Crippen LogP contribution in [0.3, 0.4) is 0 Å². The Morgan fingerprint density at radius 1 is 0.906 bits per heavy atom. The van der Waals surface area contributed by atoms with Gasteiger partial charge >= 0.3 is 0 Å². The number of hydrogen-bond acceptors (Lipinski definition) is 4. The second-order valence-electron chi connectivity index (χ2n) is 7.42. The lowest BCUT2D eigenvalue weighted by Gasteiger charge is -2.09. The van der Waals surface area contributed by atoms with E-state index in [4.69, 9.17) is 9.72 Å². The van der Waals surface area contributed by atoms with Crippen molar-refractivity contribution in [2.24, 2.45) is 0 Å². The fourth-order valence-corrected chi connectivity index (χ4v) is 4.35. The van der Waals surface area contributed by atoms with Gasteiger partial charge in [-0.2, -0.15) is 0 Å². The molecule has 5 nitrogen and oxygen atoms in total. The monoisotopic (exact) mass is 439 g/mol. The molecule has 0 saturated heterocycles. The molecule has 0 unspecified atom stereocenters. The molecule has 0 bridgehead atoms. The van der Waals surface area contributed by atoms with Crippen LogP contribution in [-0.4, -0.2) is 32.5 Å². The maximum atomic E-state index is 11.8. The highest BCUT2D eigenvalue weighted by Crippen LogP contribution is 2.37. The Morgan fingerprint density at radius 3 is 2.41 bits per heavy atom. The first-order valence-corrected chi connectivity index (χ1v) is 11.7. The van der Waals surface area contributed by atoms with Gasteiger partial charge in [-0.3, -0.25) is 9.19 Å². The van der Waals surface area contributed by atoms with E-state index in [2.05, 4.69) is 28.2 Å². The Balaban J connectivity index is 1.71. The van der Waals surface area contributed by atoms with Crippen LogP contribution >= 0.6 is 0 Å². The van der Waals surface area contributed by atoms with Crippen molar-refractivity contribution >= 4 is 21.6 Å². The van der Waals surface area contributed by atoms with Gasteiger partial charge in [-0.05, 0) is 47.2 Å². The summed E-state index contributed by atoms with van der Waals surface area (Å²) in [4.78, 5) is 13.4. The van der Waals surface area contributed by atoms with Gasteiger partial charge in [-0.1, -0.05) is 36.4 Å². The summed E-state index contributed by atoms with van der Waals surface area (Å²) in [5.41, 5.74) is 4.76. The summed E-state index contributed by atoms with van der Waals surface area (Å²) in [6, 6.07) is 23.9. The minimum Gasteiger partial charge on any atom is -0.497 e. The minimum atomic E-state index is -1.02. The number of benzene rings is 3. The Labute approximate surface area is 188 Å². The van der Waals surface area contributed by atoms with Gasteiger partial charge in [-0.25, -0.2) is 4.98 Å². The van der Waals surface area contributed by atoms with E-state index in [0.29, 0.717) is 0 Å². The van der Waals surface area contributed by atoms with Gasteiger partial charge in [0.1, 0.15) is 11.6 Å². The fourth-order valence-electron chi connectivity index (χ4n) is 3.83. The van der Waals surface area contributed by atoms with Crippen LogP contribution in [0.5, 0.6) is 5.75 Å². The summed E-state index contributed by atoms with van der Waals surface area (Å²) in [5.74, 6) is 1.58. The van der Waals surface area contributed by atoms with Crippen molar-refractivity contribution in [3.05, 3.63) is 85.2 Å².